The molecule has 0 spiro atoms. The number of halogens is 1. The Labute approximate surface area is 138 Å². The van der Waals surface area contributed by atoms with Crippen LogP contribution < -0.4 is 5.32 Å². The number of aromatic nitrogens is 1. The van der Waals surface area contributed by atoms with Crippen LogP contribution in [0.15, 0.2) is 48.8 Å². The van der Waals surface area contributed by atoms with E-state index < -0.39 is 11.9 Å². The number of nitrogens with zero attached hydrogens (tertiary/aromatic N) is 1. The van der Waals surface area contributed by atoms with E-state index in [0.29, 0.717) is 0 Å². The zero-order chi connectivity index (χ0) is 17.1. The number of rotatable bonds is 5. The van der Waals surface area contributed by atoms with E-state index in [0.717, 1.165) is 24.5 Å². The van der Waals surface area contributed by atoms with Gasteiger partial charge in [-0.2, -0.15) is 0 Å². The number of carboxylic acids is 2. The molecule has 23 heavy (non-hydrogen) atoms. The highest BCUT2D eigenvalue weighted by Crippen LogP contribution is 2.09. The van der Waals surface area contributed by atoms with E-state index in [1.807, 2.05) is 24.4 Å². The fourth-order valence-corrected chi connectivity index (χ4v) is 1.75. The zero-order valence-corrected chi connectivity index (χ0v) is 13.0. The molecule has 0 radical (unpaired) electrons. The van der Waals surface area contributed by atoms with Gasteiger partial charge >= 0.3 is 11.9 Å². The second kappa shape index (κ2) is 10.3. The molecule has 0 bridgehead atoms. The number of hydrogen-bond donors (Lipinski definition) is 3. The Hall–Kier alpha value is -2.44. The molecule has 3 N–H and O–H groups in total. The maximum Gasteiger partial charge on any atom is 0.414 e. The molecule has 1 aromatic heterocycles. The summed E-state index contributed by atoms with van der Waals surface area (Å²) < 4.78 is 0. The van der Waals surface area contributed by atoms with Gasteiger partial charge in [0.2, 0.25) is 0 Å². The lowest BCUT2D eigenvalue weighted by Gasteiger charge is -2.04. The van der Waals surface area contributed by atoms with Crippen LogP contribution in [0.4, 0.5) is 0 Å². The summed E-state index contributed by atoms with van der Waals surface area (Å²) >= 11 is 5.83. The lowest BCUT2D eigenvalue weighted by molar-refractivity contribution is -0.159. The highest BCUT2D eigenvalue weighted by atomic mass is 35.5. The van der Waals surface area contributed by atoms with E-state index >= 15 is 0 Å². The molecule has 1 aromatic carbocycles. The minimum atomic E-state index is -1.82. The third-order valence-corrected chi connectivity index (χ3v) is 2.99. The molecule has 2 aromatic rings. The monoisotopic (exact) mass is 336 g/mol. The molecule has 2 rings (SSSR count). The van der Waals surface area contributed by atoms with Crippen molar-refractivity contribution < 1.29 is 19.8 Å². The van der Waals surface area contributed by atoms with E-state index in [-0.39, 0.29) is 0 Å². The van der Waals surface area contributed by atoms with Gasteiger partial charge in [0.25, 0.3) is 0 Å². The van der Waals surface area contributed by atoms with Crippen LogP contribution in [0.5, 0.6) is 0 Å². The molecule has 0 aliphatic rings. The standard InChI is InChI=1S/C14H15ClN2.C2H2O4/c15-14-5-3-12(4-6-14)7-9-17-11-13-2-1-8-16-10-13;3-1(4)2(5)6/h1-6,8,10,17H,7,9,11H2;(H,3,4)(H,5,6). The van der Waals surface area contributed by atoms with Crippen LogP contribution in [-0.2, 0) is 22.6 Å². The van der Waals surface area contributed by atoms with Crippen molar-refractivity contribution in [1.82, 2.24) is 10.3 Å². The van der Waals surface area contributed by atoms with Crippen molar-refractivity contribution in [3.63, 3.8) is 0 Å². The molecular formula is C16H17ClN2O4. The van der Waals surface area contributed by atoms with Crippen LogP contribution >= 0.6 is 11.6 Å². The Balaban J connectivity index is 0.000000379. The van der Waals surface area contributed by atoms with Crippen LogP contribution in [0.1, 0.15) is 11.1 Å². The summed E-state index contributed by atoms with van der Waals surface area (Å²) in [5.74, 6) is -3.65. The summed E-state index contributed by atoms with van der Waals surface area (Å²) in [6.45, 7) is 1.82. The van der Waals surface area contributed by atoms with Crippen molar-refractivity contribution in [1.29, 1.82) is 0 Å². The summed E-state index contributed by atoms with van der Waals surface area (Å²) in [5, 5.41) is 19.0. The molecule has 0 atom stereocenters. The maximum absolute atomic E-state index is 9.10. The SMILES string of the molecule is Clc1ccc(CCNCc2cccnc2)cc1.O=C(O)C(=O)O. The third kappa shape index (κ3) is 8.55. The summed E-state index contributed by atoms with van der Waals surface area (Å²) in [6, 6.07) is 12.0. The predicted molar refractivity (Wildman–Crippen MR) is 86.4 cm³/mol. The summed E-state index contributed by atoms with van der Waals surface area (Å²) in [7, 11) is 0. The molecule has 7 heteroatoms. The van der Waals surface area contributed by atoms with Crippen LogP contribution in [0, 0.1) is 0 Å². The smallest absolute Gasteiger partial charge is 0.414 e. The van der Waals surface area contributed by atoms with Crippen molar-refractivity contribution in [2.75, 3.05) is 6.54 Å². The molecule has 0 aliphatic carbocycles. The van der Waals surface area contributed by atoms with Crippen LogP contribution in [-0.4, -0.2) is 33.7 Å². The Morgan fingerprint density at radius 3 is 2.22 bits per heavy atom. The predicted octanol–water partition coefficient (Wildman–Crippen LogP) is 2.22. The van der Waals surface area contributed by atoms with Crippen molar-refractivity contribution in [2.24, 2.45) is 0 Å². The fourth-order valence-electron chi connectivity index (χ4n) is 1.62. The van der Waals surface area contributed by atoms with Gasteiger partial charge in [0.1, 0.15) is 0 Å². The first-order valence-electron chi connectivity index (χ1n) is 6.79. The highest BCUT2D eigenvalue weighted by molar-refractivity contribution is 6.30. The Morgan fingerprint density at radius 2 is 1.70 bits per heavy atom. The second-order valence-electron chi connectivity index (χ2n) is 4.52. The first-order valence-corrected chi connectivity index (χ1v) is 7.17. The first-order chi connectivity index (χ1) is 11.0. The van der Waals surface area contributed by atoms with Crippen LogP contribution in [0.2, 0.25) is 5.02 Å². The van der Waals surface area contributed by atoms with Gasteiger partial charge in [-0.25, -0.2) is 9.59 Å². The van der Waals surface area contributed by atoms with Crippen molar-refractivity contribution in [3.05, 3.63) is 64.9 Å². The van der Waals surface area contributed by atoms with Gasteiger partial charge in [-0.05, 0) is 42.3 Å². The van der Waals surface area contributed by atoms with E-state index in [4.69, 9.17) is 31.4 Å². The average Bonchev–Trinajstić information content (AvgIpc) is 2.55. The number of carbonyl (C=O) groups is 2. The molecular weight excluding hydrogens is 320 g/mol. The number of hydrogen-bond acceptors (Lipinski definition) is 4. The van der Waals surface area contributed by atoms with E-state index in [1.54, 1.807) is 6.20 Å². The summed E-state index contributed by atoms with van der Waals surface area (Å²) in [6.07, 6.45) is 4.68. The third-order valence-electron chi connectivity index (χ3n) is 2.74. The van der Waals surface area contributed by atoms with Gasteiger partial charge in [0, 0.05) is 24.0 Å². The molecule has 122 valence electrons. The Kier molecular flexibility index (Phi) is 8.34. The molecule has 0 amide bonds. The molecule has 0 saturated carbocycles. The minimum Gasteiger partial charge on any atom is -0.473 e. The summed E-state index contributed by atoms with van der Waals surface area (Å²) in [4.78, 5) is 22.3. The van der Waals surface area contributed by atoms with Crippen molar-refractivity contribution >= 4 is 23.5 Å². The average molecular weight is 337 g/mol. The number of aliphatic carboxylic acids is 2. The topological polar surface area (TPSA) is 99.5 Å². The maximum atomic E-state index is 9.10. The lowest BCUT2D eigenvalue weighted by Crippen LogP contribution is -2.16. The zero-order valence-electron chi connectivity index (χ0n) is 12.3. The van der Waals surface area contributed by atoms with Crippen molar-refractivity contribution in [2.45, 2.75) is 13.0 Å². The molecule has 0 unspecified atom stereocenters. The van der Waals surface area contributed by atoms with E-state index in [2.05, 4.69) is 28.5 Å². The fraction of sp³-hybridized carbons (Fsp3) is 0.188. The second-order valence-corrected chi connectivity index (χ2v) is 4.96. The van der Waals surface area contributed by atoms with Gasteiger partial charge < -0.3 is 15.5 Å². The lowest BCUT2D eigenvalue weighted by atomic mass is 10.1. The molecule has 0 fully saturated rings. The quantitative estimate of drug-likeness (QED) is 0.572. The normalized spacial score (nSPS) is 9.61. The summed E-state index contributed by atoms with van der Waals surface area (Å²) in [5.41, 5.74) is 2.51. The highest BCUT2D eigenvalue weighted by Gasteiger charge is 2.04. The van der Waals surface area contributed by atoms with Crippen LogP contribution in [0.25, 0.3) is 0 Å². The minimum absolute atomic E-state index is 0.789. The number of carboxylic acid groups (broad SMARTS) is 2. The number of nitrogens with one attached hydrogen (secondary N) is 1. The number of benzene rings is 1. The van der Waals surface area contributed by atoms with Gasteiger partial charge in [-0.3, -0.25) is 4.98 Å². The number of pyridine rings is 1. The molecule has 0 saturated heterocycles. The van der Waals surface area contributed by atoms with Gasteiger partial charge in [0.15, 0.2) is 0 Å². The Bertz CT molecular complexity index is 606. The van der Waals surface area contributed by atoms with Crippen molar-refractivity contribution in [3.8, 4) is 0 Å². The van der Waals surface area contributed by atoms with E-state index in [9.17, 15) is 0 Å². The van der Waals surface area contributed by atoms with Crippen LogP contribution in [0.3, 0.4) is 0 Å². The van der Waals surface area contributed by atoms with Gasteiger partial charge in [0.05, 0.1) is 0 Å². The first kappa shape index (κ1) is 18.6. The van der Waals surface area contributed by atoms with Gasteiger partial charge in [-0.1, -0.05) is 29.8 Å². The Morgan fingerprint density at radius 1 is 1.04 bits per heavy atom. The van der Waals surface area contributed by atoms with E-state index in [1.165, 1.54) is 11.1 Å². The molecule has 0 aliphatic heterocycles. The largest absolute Gasteiger partial charge is 0.473 e. The molecule has 6 nitrogen and oxygen atoms in total. The molecule has 1 heterocycles. The van der Waals surface area contributed by atoms with Gasteiger partial charge in [-0.15, -0.1) is 0 Å².